The highest BCUT2D eigenvalue weighted by molar-refractivity contribution is 5.88. The lowest BCUT2D eigenvalue weighted by Gasteiger charge is -2.03. The zero-order valence-electron chi connectivity index (χ0n) is 7.69. The molecule has 1 aromatic carbocycles. The highest BCUT2D eigenvalue weighted by Gasteiger charge is 2.01. The minimum absolute atomic E-state index is 0.627. The van der Waals surface area contributed by atoms with Gasteiger partial charge in [-0.2, -0.15) is 5.26 Å². The molecule has 0 radical (unpaired) electrons. The zero-order valence-corrected chi connectivity index (χ0v) is 7.69. The highest BCUT2D eigenvalue weighted by Crippen LogP contribution is 2.24. The molecule has 0 saturated carbocycles. The summed E-state index contributed by atoms with van der Waals surface area (Å²) in [6.45, 7) is 0. The number of methoxy groups -OCH3 is 1. The van der Waals surface area contributed by atoms with E-state index in [9.17, 15) is 0 Å². The van der Waals surface area contributed by atoms with Gasteiger partial charge in [0, 0.05) is 17.0 Å². The van der Waals surface area contributed by atoms with Gasteiger partial charge in [0.1, 0.15) is 5.75 Å². The van der Waals surface area contributed by atoms with E-state index in [0.29, 0.717) is 11.3 Å². The quantitative estimate of drug-likeness (QED) is 0.681. The van der Waals surface area contributed by atoms with Crippen LogP contribution in [0.15, 0.2) is 30.6 Å². The summed E-state index contributed by atoms with van der Waals surface area (Å²) < 4.78 is 5.16. The van der Waals surface area contributed by atoms with E-state index in [0.717, 1.165) is 10.8 Å². The molecule has 3 nitrogen and oxygen atoms in total. The number of pyridine rings is 1. The topological polar surface area (TPSA) is 45.9 Å². The van der Waals surface area contributed by atoms with Crippen molar-refractivity contribution in [3.8, 4) is 11.8 Å². The molecule has 0 spiro atoms. The first-order chi connectivity index (χ1) is 6.85. The standard InChI is InChI=1S/C11H8N2O/c1-14-11-7-13-6-9-3-2-8(5-12)4-10(9)11/h2-4,6-7H,1H3. The Hall–Kier alpha value is -2.08. The Balaban J connectivity index is 2.78. The lowest BCUT2D eigenvalue weighted by atomic mass is 10.1. The van der Waals surface area contributed by atoms with Crippen molar-refractivity contribution in [3.63, 3.8) is 0 Å². The second-order valence-electron chi connectivity index (χ2n) is 2.89. The summed E-state index contributed by atoms with van der Waals surface area (Å²) in [4.78, 5) is 4.03. The molecule has 0 atom stereocenters. The highest BCUT2D eigenvalue weighted by atomic mass is 16.5. The Bertz CT molecular complexity index is 514. The van der Waals surface area contributed by atoms with E-state index in [-0.39, 0.29) is 0 Å². The Morgan fingerprint density at radius 2 is 2.21 bits per heavy atom. The molecule has 0 aliphatic rings. The molecule has 0 saturated heterocycles. The van der Waals surface area contributed by atoms with Crippen LogP contribution in [0.4, 0.5) is 0 Å². The number of rotatable bonds is 1. The third kappa shape index (κ3) is 1.27. The molecule has 0 fully saturated rings. The average Bonchev–Trinajstić information content (AvgIpc) is 2.27. The average molecular weight is 184 g/mol. The second-order valence-corrected chi connectivity index (χ2v) is 2.89. The summed E-state index contributed by atoms with van der Waals surface area (Å²) in [5, 5.41) is 10.6. The molecule has 68 valence electrons. The van der Waals surface area contributed by atoms with Crippen LogP contribution in [0.3, 0.4) is 0 Å². The van der Waals surface area contributed by atoms with Crippen LogP contribution in [-0.4, -0.2) is 12.1 Å². The molecule has 0 N–H and O–H groups in total. The van der Waals surface area contributed by atoms with Crippen LogP contribution in [0, 0.1) is 11.3 Å². The molecule has 0 aliphatic carbocycles. The summed E-state index contributed by atoms with van der Waals surface area (Å²) in [6.07, 6.45) is 3.39. The fourth-order valence-corrected chi connectivity index (χ4v) is 1.37. The van der Waals surface area contributed by atoms with Crippen molar-refractivity contribution in [2.24, 2.45) is 0 Å². The van der Waals surface area contributed by atoms with Gasteiger partial charge in [-0.3, -0.25) is 4.98 Å². The number of nitriles is 1. The van der Waals surface area contributed by atoms with Crippen molar-refractivity contribution in [1.82, 2.24) is 4.98 Å². The van der Waals surface area contributed by atoms with Crippen molar-refractivity contribution in [1.29, 1.82) is 5.26 Å². The predicted molar refractivity (Wildman–Crippen MR) is 53.0 cm³/mol. The van der Waals surface area contributed by atoms with E-state index < -0.39 is 0 Å². The number of nitrogens with zero attached hydrogens (tertiary/aromatic N) is 2. The van der Waals surface area contributed by atoms with Gasteiger partial charge in [0.25, 0.3) is 0 Å². The number of aromatic nitrogens is 1. The minimum atomic E-state index is 0.627. The molecule has 1 heterocycles. The molecule has 0 aliphatic heterocycles. The van der Waals surface area contributed by atoms with Gasteiger partial charge < -0.3 is 4.74 Å². The van der Waals surface area contributed by atoms with Gasteiger partial charge in [-0.25, -0.2) is 0 Å². The molecule has 3 heteroatoms. The SMILES string of the molecule is COc1cncc2ccc(C#N)cc12. The number of ether oxygens (including phenoxy) is 1. The normalized spacial score (nSPS) is 9.71. The maximum absolute atomic E-state index is 8.75. The Morgan fingerprint density at radius 1 is 1.36 bits per heavy atom. The number of hydrogen-bond acceptors (Lipinski definition) is 3. The molecule has 2 aromatic rings. The van der Waals surface area contributed by atoms with Gasteiger partial charge in [-0.1, -0.05) is 6.07 Å². The first-order valence-corrected chi connectivity index (χ1v) is 4.17. The molecule has 0 unspecified atom stereocenters. The third-order valence-electron chi connectivity index (χ3n) is 2.07. The fraction of sp³-hybridized carbons (Fsp3) is 0.0909. The van der Waals surface area contributed by atoms with Crippen molar-refractivity contribution in [3.05, 3.63) is 36.2 Å². The van der Waals surface area contributed by atoms with Crippen LogP contribution in [-0.2, 0) is 0 Å². The maximum Gasteiger partial charge on any atom is 0.145 e. The van der Waals surface area contributed by atoms with E-state index in [2.05, 4.69) is 11.1 Å². The number of hydrogen-bond donors (Lipinski definition) is 0. The maximum atomic E-state index is 8.75. The van der Waals surface area contributed by atoms with Crippen molar-refractivity contribution >= 4 is 10.8 Å². The molecule has 14 heavy (non-hydrogen) atoms. The lowest BCUT2D eigenvalue weighted by Crippen LogP contribution is -1.87. The Kier molecular flexibility index (Phi) is 2.04. The lowest BCUT2D eigenvalue weighted by molar-refractivity contribution is 0.418. The van der Waals surface area contributed by atoms with Crippen LogP contribution in [0.5, 0.6) is 5.75 Å². The second kappa shape index (κ2) is 3.35. The summed E-state index contributed by atoms with van der Waals surface area (Å²) >= 11 is 0. The molecule has 0 amide bonds. The van der Waals surface area contributed by atoms with E-state index >= 15 is 0 Å². The van der Waals surface area contributed by atoms with Gasteiger partial charge in [0.05, 0.1) is 24.9 Å². The first-order valence-electron chi connectivity index (χ1n) is 4.17. The summed E-state index contributed by atoms with van der Waals surface area (Å²) in [7, 11) is 1.59. The summed E-state index contributed by atoms with van der Waals surface area (Å²) in [6, 6.07) is 7.53. The smallest absolute Gasteiger partial charge is 0.145 e. The van der Waals surface area contributed by atoms with Crippen LogP contribution in [0.2, 0.25) is 0 Å². The van der Waals surface area contributed by atoms with Gasteiger partial charge in [-0.05, 0) is 12.1 Å². The third-order valence-corrected chi connectivity index (χ3v) is 2.07. The summed E-state index contributed by atoms with van der Waals surface area (Å²) in [5.74, 6) is 0.694. The van der Waals surface area contributed by atoms with Crippen LogP contribution >= 0.6 is 0 Å². The zero-order chi connectivity index (χ0) is 9.97. The van der Waals surface area contributed by atoms with Gasteiger partial charge >= 0.3 is 0 Å². The summed E-state index contributed by atoms with van der Waals surface area (Å²) in [5.41, 5.74) is 0.627. The van der Waals surface area contributed by atoms with Gasteiger partial charge in [0.15, 0.2) is 0 Å². The fourth-order valence-electron chi connectivity index (χ4n) is 1.37. The van der Waals surface area contributed by atoms with E-state index in [4.69, 9.17) is 10.00 Å². The molecule has 1 aromatic heterocycles. The van der Waals surface area contributed by atoms with E-state index in [1.165, 1.54) is 0 Å². The molecular formula is C11H8N2O. The monoisotopic (exact) mass is 184 g/mol. The van der Waals surface area contributed by atoms with Crippen LogP contribution in [0.25, 0.3) is 10.8 Å². The Morgan fingerprint density at radius 3 is 2.93 bits per heavy atom. The van der Waals surface area contributed by atoms with Gasteiger partial charge in [0.2, 0.25) is 0 Å². The minimum Gasteiger partial charge on any atom is -0.494 e. The first kappa shape index (κ1) is 8.52. The number of benzene rings is 1. The van der Waals surface area contributed by atoms with E-state index in [1.807, 2.05) is 6.07 Å². The van der Waals surface area contributed by atoms with Gasteiger partial charge in [-0.15, -0.1) is 0 Å². The van der Waals surface area contributed by atoms with Crippen molar-refractivity contribution < 1.29 is 4.74 Å². The Labute approximate surface area is 81.6 Å². The molecular weight excluding hydrogens is 176 g/mol. The van der Waals surface area contributed by atoms with Crippen LogP contribution < -0.4 is 4.74 Å². The van der Waals surface area contributed by atoms with Crippen molar-refractivity contribution in [2.75, 3.05) is 7.11 Å². The molecule has 0 bridgehead atoms. The van der Waals surface area contributed by atoms with E-state index in [1.54, 1.807) is 31.6 Å². The largest absolute Gasteiger partial charge is 0.494 e. The molecule has 2 rings (SSSR count). The predicted octanol–water partition coefficient (Wildman–Crippen LogP) is 2.12. The van der Waals surface area contributed by atoms with Crippen molar-refractivity contribution in [2.45, 2.75) is 0 Å². The number of fused-ring (bicyclic) bond motifs is 1. The van der Waals surface area contributed by atoms with Crippen LogP contribution in [0.1, 0.15) is 5.56 Å².